The number of rotatable bonds is 6. The van der Waals surface area contributed by atoms with E-state index in [1.165, 1.54) is 5.56 Å². The normalized spacial score (nSPS) is 11.1. The van der Waals surface area contributed by atoms with E-state index in [2.05, 4.69) is 58.3 Å². The average Bonchev–Trinajstić information content (AvgIpc) is 3.34. The molecule has 2 aromatic heterocycles. The molecule has 0 aliphatic rings. The zero-order valence-corrected chi connectivity index (χ0v) is 18.0. The van der Waals surface area contributed by atoms with Crippen LogP contribution < -0.4 is 0 Å². The Balaban J connectivity index is 1.49. The summed E-state index contributed by atoms with van der Waals surface area (Å²) in [7, 11) is 0. The van der Waals surface area contributed by atoms with E-state index >= 15 is 0 Å². The third-order valence-electron chi connectivity index (χ3n) is 4.33. The second kappa shape index (κ2) is 8.47. The van der Waals surface area contributed by atoms with Gasteiger partial charge in [0.1, 0.15) is 5.01 Å². The Hall–Kier alpha value is -2.15. The van der Waals surface area contributed by atoms with E-state index in [1.807, 2.05) is 24.3 Å². The van der Waals surface area contributed by atoms with E-state index in [9.17, 15) is 0 Å². The third kappa shape index (κ3) is 4.14. The Morgan fingerprint density at radius 3 is 2.43 bits per heavy atom. The number of hydrogen-bond acceptors (Lipinski definition) is 5. The van der Waals surface area contributed by atoms with E-state index in [-0.39, 0.29) is 0 Å². The molecule has 0 fully saturated rings. The summed E-state index contributed by atoms with van der Waals surface area (Å²) >= 11 is 9.34. The van der Waals surface area contributed by atoms with Crippen LogP contribution in [0.15, 0.2) is 59.1 Å². The predicted molar refractivity (Wildman–Crippen MR) is 118 cm³/mol. The highest BCUT2D eigenvalue weighted by Gasteiger charge is 2.14. The summed E-state index contributed by atoms with van der Waals surface area (Å²) in [5.41, 5.74) is 4.49. The van der Waals surface area contributed by atoms with Gasteiger partial charge in [-0.2, -0.15) is 0 Å². The number of benzene rings is 2. The molecular formula is C21H19ClN4S2. The largest absolute Gasteiger partial charge is 0.302 e. The highest BCUT2D eigenvalue weighted by atomic mass is 35.5. The van der Waals surface area contributed by atoms with Gasteiger partial charge in [-0.15, -0.1) is 21.5 Å². The fourth-order valence-corrected chi connectivity index (χ4v) is 4.79. The third-order valence-corrected chi connectivity index (χ3v) is 6.53. The Kier molecular flexibility index (Phi) is 5.80. The summed E-state index contributed by atoms with van der Waals surface area (Å²) in [6.07, 6.45) is 0. The van der Waals surface area contributed by atoms with E-state index in [1.54, 1.807) is 23.1 Å². The quantitative estimate of drug-likeness (QED) is 0.337. The maximum Gasteiger partial charge on any atom is 0.191 e. The Morgan fingerprint density at radius 1 is 1.00 bits per heavy atom. The first-order valence-corrected chi connectivity index (χ1v) is 11.2. The van der Waals surface area contributed by atoms with Gasteiger partial charge in [0.2, 0.25) is 0 Å². The Labute approximate surface area is 177 Å². The smallest absolute Gasteiger partial charge is 0.191 e. The standard InChI is InChI=1S/C21H19ClN4S2/c1-3-26-19(15-8-10-17(22)11-9-15)24-25-21(26)28-13-18-12-27-20(23-18)16-6-4-14(2)5-7-16/h4-12H,3,13H2,1-2H3. The fourth-order valence-electron chi connectivity index (χ4n) is 2.83. The number of aryl methyl sites for hydroxylation is 1. The summed E-state index contributed by atoms with van der Waals surface area (Å²) in [5.74, 6) is 1.63. The molecule has 0 unspecified atom stereocenters. The lowest BCUT2D eigenvalue weighted by Gasteiger charge is -2.07. The molecule has 142 valence electrons. The molecule has 0 bridgehead atoms. The summed E-state index contributed by atoms with van der Waals surface area (Å²) < 4.78 is 2.13. The van der Waals surface area contributed by atoms with Gasteiger partial charge in [-0.05, 0) is 38.1 Å². The van der Waals surface area contributed by atoms with Gasteiger partial charge in [0.15, 0.2) is 11.0 Å². The second-order valence-electron chi connectivity index (χ2n) is 6.36. The molecule has 4 rings (SSSR count). The summed E-state index contributed by atoms with van der Waals surface area (Å²) in [4.78, 5) is 4.78. The van der Waals surface area contributed by atoms with Crippen LogP contribution in [0.25, 0.3) is 22.0 Å². The molecule has 4 aromatic rings. The first-order valence-electron chi connectivity index (χ1n) is 8.97. The molecule has 28 heavy (non-hydrogen) atoms. The number of halogens is 1. The van der Waals surface area contributed by atoms with Gasteiger partial charge >= 0.3 is 0 Å². The van der Waals surface area contributed by atoms with Crippen LogP contribution in [0, 0.1) is 6.92 Å². The average molecular weight is 427 g/mol. The minimum Gasteiger partial charge on any atom is -0.302 e. The van der Waals surface area contributed by atoms with Gasteiger partial charge in [0.25, 0.3) is 0 Å². The molecule has 0 amide bonds. The van der Waals surface area contributed by atoms with Gasteiger partial charge in [-0.3, -0.25) is 0 Å². The maximum atomic E-state index is 6.00. The number of aromatic nitrogens is 4. The maximum absolute atomic E-state index is 6.00. The molecule has 0 aliphatic carbocycles. The Bertz CT molecular complexity index is 1070. The van der Waals surface area contributed by atoms with Gasteiger partial charge in [-0.1, -0.05) is 53.2 Å². The molecule has 0 aliphatic heterocycles. The molecule has 7 heteroatoms. The number of hydrogen-bond donors (Lipinski definition) is 0. The number of nitrogens with zero attached hydrogens (tertiary/aromatic N) is 4. The zero-order valence-electron chi connectivity index (χ0n) is 15.6. The molecular weight excluding hydrogens is 408 g/mol. The van der Waals surface area contributed by atoms with Crippen LogP contribution in [0.2, 0.25) is 5.02 Å². The molecule has 4 nitrogen and oxygen atoms in total. The van der Waals surface area contributed by atoms with E-state index in [0.29, 0.717) is 5.02 Å². The van der Waals surface area contributed by atoms with Crippen molar-refractivity contribution < 1.29 is 0 Å². The topological polar surface area (TPSA) is 43.6 Å². The van der Waals surface area contributed by atoms with Gasteiger partial charge in [0.05, 0.1) is 5.69 Å². The van der Waals surface area contributed by atoms with Crippen molar-refractivity contribution in [1.29, 1.82) is 0 Å². The fraction of sp³-hybridized carbons (Fsp3) is 0.190. The van der Waals surface area contributed by atoms with Gasteiger partial charge in [0, 0.05) is 33.8 Å². The summed E-state index contributed by atoms with van der Waals surface area (Å²) in [5, 5.41) is 13.6. The summed E-state index contributed by atoms with van der Waals surface area (Å²) in [6, 6.07) is 16.2. The van der Waals surface area contributed by atoms with Crippen LogP contribution in [0.4, 0.5) is 0 Å². The minimum atomic E-state index is 0.717. The van der Waals surface area contributed by atoms with Crippen LogP contribution in [0.1, 0.15) is 18.2 Å². The van der Waals surface area contributed by atoms with Gasteiger partial charge < -0.3 is 4.57 Å². The lowest BCUT2D eigenvalue weighted by atomic mass is 10.2. The molecule has 0 atom stereocenters. The van der Waals surface area contributed by atoms with E-state index in [4.69, 9.17) is 16.6 Å². The van der Waals surface area contributed by atoms with Gasteiger partial charge in [-0.25, -0.2) is 4.98 Å². The van der Waals surface area contributed by atoms with Crippen LogP contribution in [0.5, 0.6) is 0 Å². The molecule has 0 saturated carbocycles. The highest BCUT2D eigenvalue weighted by Crippen LogP contribution is 2.29. The van der Waals surface area contributed by atoms with Crippen molar-refractivity contribution in [3.05, 3.63) is 70.2 Å². The highest BCUT2D eigenvalue weighted by molar-refractivity contribution is 7.98. The zero-order chi connectivity index (χ0) is 19.5. The molecule has 2 heterocycles. The summed E-state index contributed by atoms with van der Waals surface area (Å²) in [6.45, 7) is 5.00. The van der Waals surface area contributed by atoms with Crippen molar-refractivity contribution in [2.45, 2.75) is 31.3 Å². The van der Waals surface area contributed by atoms with Crippen molar-refractivity contribution in [3.63, 3.8) is 0 Å². The van der Waals surface area contributed by atoms with Crippen molar-refractivity contribution in [2.24, 2.45) is 0 Å². The van der Waals surface area contributed by atoms with Crippen LogP contribution in [-0.2, 0) is 12.3 Å². The van der Waals surface area contributed by atoms with Crippen LogP contribution in [-0.4, -0.2) is 19.7 Å². The molecule has 0 radical (unpaired) electrons. The number of thiazole rings is 1. The minimum absolute atomic E-state index is 0.717. The monoisotopic (exact) mass is 426 g/mol. The lowest BCUT2D eigenvalue weighted by molar-refractivity contribution is 0.687. The lowest BCUT2D eigenvalue weighted by Crippen LogP contribution is -1.99. The first-order chi connectivity index (χ1) is 13.6. The van der Waals surface area contributed by atoms with E-state index < -0.39 is 0 Å². The van der Waals surface area contributed by atoms with E-state index in [0.717, 1.165) is 45.1 Å². The first kappa shape index (κ1) is 19.2. The van der Waals surface area contributed by atoms with Crippen LogP contribution in [0.3, 0.4) is 0 Å². The van der Waals surface area contributed by atoms with Crippen LogP contribution >= 0.6 is 34.7 Å². The predicted octanol–water partition coefficient (Wildman–Crippen LogP) is 6.34. The molecule has 0 N–H and O–H groups in total. The van der Waals surface area contributed by atoms with Crippen molar-refractivity contribution in [2.75, 3.05) is 0 Å². The SMILES string of the molecule is CCn1c(SCc2csc(-c3ccc(C)cc3)n2)nnc1-c1ccc(Cl)cc1. The van der Waals surface area contributed by atoms with Crippen molar-refractivity contribution in [3.8, 4) is 22.0 Å². The molecule has 0 saturated heterocycles. The Morgan fingerprint density at radius 2 is 1.71 bits per heavy atom. The molecule has 2 aromatic carbocycles. The second-order valence-corrected chi connectivity index (χ2v) is 8.59. The number of thioether (sulfide) groups is 1. The van der Waals surface area contributed by atoms with Crippen molar-refractivity contribution in [1.82, 2.24) is 19.7 Å². The molecule has 0 spiro atoms. The van der Waals surface area contributed by atoms with Crippen molar-refractivity contribution >= 4 is 34.7 Å².